The largest absolute Gasteiger partial charge is 0.434 e. The van der Waals surface area contributed by atoms with Crippen LogP contribution in [0.2, 0.25) is 0 Å². The van der Waals surface area contributed by atoms with Gasteiger partial charge in [-0.3, -0.25) is 14.5 Å². The maximum atomic E-state index is 13.2. The number of nitrogens with zero attached hydrogens (tertiary/aromatic N) is 3. The maximum absolute atomic E-state index is 13.2. The van der Waals surface area contributed by atoms with Crippen LogP contribution in [-0.4, -0.2) is 59.9 Å². The highest BCUT2D eigenvalue weighted by Gasteiger charge is 2.30. The zero-order valence-electron chi connectivity index (χ0n) is 22.0. The van der Waals surface area contributed by atoms with Gasteiger partial charge in [0, 0.05) is 49.3 Å². The molecule has 0 aliphatic heterocycles. The number of halogens is 5. The van der Waals surface area contributed by atoms with E-state index in [0.717, 1.165) is 0 Å². The molecule has 1 fully saturated rings. The quantitative estimate of drug-likeness (QED) is 0.372. The van der Waals surface area contributed by atoms with Crippen molar-refractivity contribution in [3.05, 3.63) is 29.2 Å². The lowest BCUT2D eigenvalue weighted by Crippen LogP contribution is -2.34. The molecule has 1 amide bonds. The number of ether oxygens (including phenoxy) is 1. The number of aryl methyl sites for hydroxylation is 2. The molecule has 0 bridgehead atoms. The zero-order valence-corrected chi connectivity index (χ0v) is 22.8. The fourth-order valence-corrected chi connectivity index (χ4v) is 6.01. The number of carbonyl (C=O) groups is 1. The number of amides is 1. The summed E-state index contributed by atoms with van der Waals surface area (Å²) in [4.78, 5) is 17.2. The van der Waals surface area contributed by atoms with Gasteiger partial charge in [-0.1, -0.05) is 0 Å². The molecule has 0 radical (unpaired) electrons. The average Bonchev–Trinajstić information content (AvgIpc) is 3.17. The molecule has 1 aliphatic rings. The van der Waals surface area contributed by atoms with Crippen LogP contribution in [0.1, 0.15) is 67.2 Å². The third-order valence-corrected chi connectivity index (χ3v) is 8.62. The minimum Gasteiger partial charge on any atom is -0.434 e. The van der Waals surface area contributed by atoms with Gasteiger partial charge in [0.1, 0.15) is 15.6 Å². The SMILES string of the molecule is CCn1nc(C(=O)NC[C@H]2CC[C@H](S(C)(=O)=O)CC2)c(C)c1-c1cnc(CCCC(F)(F)F)cc1OC(F)F. The number of carbonyl (C=O) groups excluding carboxylic acids is 1. The molecule has 1 N–H and O–H groups in total. The lowest BCUT2D eigenvalue weighted by molar-refractivity contribution is -0.135. The highest BCUT2D eigenvalue weighted by atomic mass is 32.2. The van der Waals surface area contributed by atoms with Gasteiger partial charge >= 0.3 is 12.8 Å². The number of hydrogen-bond donors (Lipinski definition) is 1. The summed E-state index contributed by atoms with van der Waals surface area (Å²) in [7, 11) is -3.09. The van der Waals surface area contributed by atoms with Crippen LogP contribution in [0.3, 0.4) is 0 Å². The van der Waals surface area contributed by atoms with E-state index < -0.39 is 35.0 Å². The number of hydrogen-bond acceptors (Lipinski definition) is 6. The molecule has 1 saturated carbocycles. The Balaban J connectivity index is 1.79. The Morgan fingerprint density at radius 3 is 2.46 bits per heavy atom. The first kappa shape index (κ1) is 30.8. The second-order valence-corrected chi connectivity index (χ2v) is 12.2. The average molecular weight is 581 g/mol. The van der Waals surface area contributed by atoms with Gasteiger partial charge in [0.25, 0.3) is 5.91 Å². The molecule has 2 heterocycles. The first-order valence-electron chi connectivity index (χ1n) is 12.7. The van der Waals surface area contributed by atoms with Crippen molar-refractivity contribution in [2.45, 2.75) is 83.4 Å². The Labute approximate surface area is 224 Å². The predicted molar refractivity (Wildman–Crippen MR) is 134 cm³/mol. The predicted octanol–water partition coefficient (Wildman–Crippen LogP) is 5.09. The monoisotopic (exact) mass is 580 g/mol. The Kier molecular flexibility index (Phi) is 9.94. The van der Waals surface area contributed by atoms with Crippen LogP contribution in [0, 0.1) is 12.8 Å². The van der Waals surface area contributed by atoms with Crippen molar-refractivity contribution >= 4 is 15.7 Å². The molecular formula is C25H33F5N4O4S. The fraction of sp³-hybridized carbons (Fsp3) is 0.640. The van der Waals surface area contributed by atoms with Gasteiger partial charge in [-0.05, 0) is 58.3 Å². The van der Waals surface area contributed by atoms with E-state index in [1.807, 2.05) is 0 Å². The van der Waals surface area contributed by atoms with Crippen molar-refractivity contribution in [1.82, 2.24) is 20.1 Å². The molecular weight excluding hydrogens is 547 g/mol. The molecule has 0 spiro atoms. The molecule has 1 aliphatic carbocycles. The summed E-state index contributed by atoms with van der Waals surface area (Å²) in [5, 5.41) is 6.85. The topological polar surface area (TPSA) is 103 Å². The molecule has 0 aromatic carbocycles. The first-order valence-corrected chi connectivity index (χ1v) is 14.7. The van der Waals surface area contributed by atoms with Crippen molar-refractivity contribution < 1.29 is 39.9 Å². The Bertz CT molecular complexity index is 1260. The second-order valence-electron chi connectivity index (χ2n) is 9.84. The fourth-order valence-electron chi connectivity index (χ4n) is 4.88. The lowest BCUT2D eigenvalue weighted by Gasteiger charge is -2.27. The second kappa shape index (κ2) is 12.6. The minimum absolute atomic E-state index is 0.0782. The third-order valence-electron chi connectivity index (χ3n) is 6.94. The van der Waals surface area contributed by atoms with Crippen LogP contribution < -0.4 is 10.1 Å². The maximum Gasteiger partial charge on any atom is 0.389 e. The van der Waals surface area contributed by atoms with Crippen LogP contribution in [-0.2, 0) is 22.8 Å². The molecule has 2 aromatic rings. The van der Waals surface area contributed by atoms with Crippen LogP contribution in [0.4, 0.5) is 22.0 Å². The van der Waals surface area contributed by atoms with Crippen LogP contribution in [0.15, 0.2) is 12.3 Å². The Morgan fingerprint density at radius 1 is 1.23 bits per heavy atom. The number of sulfone groups is 1. The summed E-state index contributed by atoms with van der Waals surface area (Å²) in [5.41, 5.74) is 1.14. The van der Waals surface area contributed by atoms with E-state index in [2.05, 4.69) is 15.4 Å². The summed E-state index contributed by atoms with van der Waals surface area (Å²) in [6.07, 6.45) is -0.792. The van der Waals surface area contributed by atoms with Gasteiger partial charge in [0.2, 0.25) is 0 Å². The van der Waals surface area contributed by atoms with E-state index in [4.69, 9.17) is 4.74 Å². The molecule has 14 heteroatoms. The van der Waals surface area contributed by atoms with E-state index in [-0.39, 0.29) is 46.7 Å². The van der Waals surface area contributed by atoms with E-state index in [1.54, 1.807) is 13.8 Å². The van der Waals surface area contributed by atoms with Gasteiger partial charge < -0.3 is 10.1 Å². The third kappa shape index (κ3) is 8.36. The number of nitrogens with one attached hydrogen (secondary N) is 1. The number of alkyl halides is 5. The molecule has 218 valence electrons. The van der Waals surface area contributed by atoms with Gasteiger partial charge in [0.05, 0.1) is 16.5 Å². The van der Waals surface area contributed by atoms with Crippen molar-refractivity contribution in [1.29, 1.82) is 0 Å². The van der Waals surface area contributed by atoms with E-state index in [9.17, 15) is 35.2 Å². The van der Waals surface area contributed by atoms with E-state index in [0.29, 0.717) is 50.0 Å². The first-order chi connectivity index (χ1) is 18.2. The van der Waals surface area contributed by atoms with Crippen molar-refractivity contribution in [2.24, 2.45) is 5.92 Å². The van der Waals surface area contributed by atoms with Gasteiger partial charge in [-0.15, -0.1) is 0 Å². The van der Waals surface area contributed by atoms with Crippen molar-refractivity contribution in [2.75, 3.05) is 12.8 Å². The normalized spacial score (nSPS) is 18.4. The summed E-state index contributed by atoms with van der Waals surface area (Å²) >= 11 is 0. The van der Waals surface area contributed by atoms with Crippen LogP contribution in [0.25, 0.3) is 11.3 Å². The summed E-state index contributed by atoms with van der Waals surface area (Å²) in [6.45, 7) is 0.819. The standard InChI is InChI=1S/C25H33F5N4O4S/c1-4-34-22(19-14-31-17(6-5-11-25(28,29)30)12-20(19)38-24(26)27)15(2)21(33-34)23(35)32-13-16-7-9-18(10-8-16)39(3,36)37/h12,14,16,18,24H,4-11,13H2,1-3H3,(H,32,35)/t16-,18-. The number of pyridine rings is 1. The number of rotatable bonds is 11. The smallest absolute Gasteiger partial charge is 0.389 e. The Morgan fingerprint density at radius 2 is 1.90 bits per heavy atom. The molecule has 0 saturated heterocycles. The van der Waals surface area contributed by atoms with Crippen LogP contribution in [0.5, 0.6) is 5.75 Å². The molecule has 0 atom stereocenters. The highest BCUT2D eigenvalue weighted by molar-refractivity contribution is 7.91. The van der Waals surface area contributed by atoms with E-state index in [1.165, 1.54) is 23.2 Å². The van der Waals surface area contributed by atoms with Gasteiger partial charge in [0.15, 0.2) is 5.69 Å². The van der Waals surface area contributed by atoms with Gasteiger partial charge in [-0.2, -0.15) is 27.1 Å². The van der Waals surface area contributed by atoms with E-state index >= 15 is 0 Å². The summed E-state index contributed by atoms with van der Waals surface area (Å²) in [6, 6.07) is 1.19. The molecule has 8 nitrogen and oxygen atoms in total. The van der Waals surface area contributed by atoms with Crippen molar-refractivity contribution in [3.8, 4) is 17.0 Å². The minimum atomic E-state index is -4.33. The molecule has 39 heavy (non-hydrogen) atoms. The highest BCUT2D eigenvalue weighted by Crippen LogP contribution is 2.35. The number of aromatic nitrogens is 3. The van der Waals surface area contributed by atoms with Gasteiger partial charge in [-0.25, -0.2) is 8.42 Å². The molecule has 2 aromatic heterocycles. The zero-order chi connectivity index (χ0) is 29.0. The van der Waals surface area contributed by atoms with Crippen LogP contribution >= 0.6 is 0 Å². The molecule has 0 unspecified atom stereocenters. The lowest BCUT2D eigenvalue weighted by atomic mass is 9.89. The Hall–Kier alpha value is -2.77. The summed E-state index contributed by atoms with van der Waals surface area (Å²) in [5.74, 6) is -0.603. The summed E-state index contributed by atoms with van der Waals surface area (Å²) < 4.78 is 93.6. The molecule has 3 rings (SSSR count). The van der Waals surface area contributed by atoms with Crippen molar-refractivity contribution in [3.63, 3.8) is 0 Å².